The predicted molar refractivity (Wildman–Crippen MR) is 102 cm³/mol. The first-order valence-electron chi connectivity index (χ1n) is 9.34. The second-order valence-corrected chi connectivity index (χ2v) is 7.34. The van der Waals surface area contributed by atoms with Crippen LogP contribution >= 0.6 is 0 Å². The molecule has 1 amide bonds. The number of carbonyl (C=O) groups excluding carboxylic acids is 1. The third-order valence-electron chi connectivity index (χ3n) is 5.30. The summed E-state index contributed by atoms with van der Waals surface area (Å²) in [6, 6.07) is 4.20. The topological polar surface area (TPSA) is 82.2 Å². The zero-order valence-corrected chi connectivity index (χ0v) is 15.9. The van der Waals surface area contributed by atoms with Crippen molar-refractivity contribution in [1.82, 2.24) is 14.8 Å². The molecule has 1 aliphatic rings. The Labute approximate surface area is 157 Å². The molecule has 7 nitrogen and oxygen atoms in total. The van der Waals surface area contributed by atoms with Crippen LogP contribution in [0.4, 0.5) is 5.69 Å². The molecule has 2 heterocycles. The highest BCUT2D eigenvalue weighted by atomic mass is 16.5. The van der Waals surface area contributed by atoms with Crippen molar-refractivity contribution in [3.63, 3.8) is 0 Å². The molecule has 0 spiro atoms. The van der Waals surface area contributed by atoms with Crippen LogP contribution in [0.5, 0.6) is 5.75 Å². The van der Waals surface area contributed by atoms with Gasteiger partial charge in [-0.3, -0.25) is 9.48 Å². The maximum Gasteiger partial charge on any atom is 0.277 e. The summed E-state index contributed by atoms with van der Waals surface area (Å²) < 4.78 is 12.6. The second-order valence-electron chi connectivity index (χ2n) is 7.34. The highest BCUT2D eigenvalue weighted by Gasteiger charge is 2.21. The Hall–Kier alpha value is -2.83. The van der Waals surface area contributed by atoms with Gasteiger partial charge < -0.3 is 14.5 Å². The number of rotatable bonds is 4. The monoisotopic (exact) mass is 368 g/mol. The minimum Gasteiger partial charge on any atom is -0.494 e. The first kappa shape index (κ1) is 17.6. The first-order valence-corrected chi connectivity index (χ1v) is 9.34. The molecule has 1 aliphatic carbocycles. The molecule has 1 aromatic carbocycles. The summed E-state index contributed by atoms with van der Waals surface area (Å²) in [6.07, 6.45) is 8.19. The SMILES string of the molecule is COc1cc2nn([C@H]3CC[C@H](C)CC3)cc2cc1NC(=O)c1coc(C)n1. The molecule has 0 atom stereocenters. The Kier molecular flexibility index (Phi) is 4.59. The zero-order valence-electron chi connectivity index (χ0n) is 15.9. The number of amides is 1. The maximum absolute atomic E-state index is 12.4. The number of hydrogen-bond donors (Lipinski definition) is 1. The van der Waals surface area contributed by atoms with Gasteiger partial charge in [0.1, 0.15) is 12.0 Å². The number of oxazole rings is 1. The van der Waals surface area contributed by atoms with Crippen molar-refractivity contribution in [3.05, 3.63) is 36.2 Å². The number of nitrogens with one attached hydrogen (secondary N) is 1. The molecule has 1 N–H and O–H groups in total. The molecule has 1 saturated carbocycles. The van der Waals surface area contributed by atoms with E-state index in [4.69, 9.17) is 14.3 Å². The van der Waals surface area contributed by atoms with Crippen LogP contribution in [0.25, 0.3) is 10.9 Å². The first-order chi connectivity index (χ1) is 13.0. The Balaban J connectivity index is 1.62. The van der Waals surface area contributed by atoms with Gasteiger partial charge >= 0.3 is 0 Å². The molecule has 142 valence electrons. The van der Waals surface area contributed by atoms with E-state index in [2.05, 4.69) is 28.1 Å². The molecule has 2 aromatic heterocycles. The van der Waals surface area contributed by atoms with E-state index in [0.717, 1.165) is 29.7 Å². The standard InChI is InChI=1S/C20H24N4O3/c1-12-4-6-15(7-5-12)24-10-14-8-17(19(26-3)9-16(14)23-24)22-20(25)18-11-27-13(2)21-18/h8-12,15H,4-7H2,1-3H3,(H,22,25)/t12-,15-. The summed E-state index contributed by atoms with van der Waals surface area (Å²) in [5.74, 6) is 1.48. The smallest absolute Gasteiger partial charge is 0.277 e. The largest absolute Gasteiger partial charge is 0.494 e. The van der Waals surface area contributed by atoms with E-state index in [0.29, 0.717) is 23.4 Å². The number of aromatic nitrogens is 3. The average molecular weight is 368 g/mol. The fourth-order valence-corrected chi connectivity index (χ4v) is 3.69. The van der Waals surface area contributed by atoms with Gasteiger partial charge in [-0.05, 0) is 37.7 Å². The lowest BCUT2D eigenvalue weighted by molar-refractivity contribution is 0.102. The lowest BCUT2D eigenvalue weighted by Gasteiger charge is -2.26. The van der Waals surface area contributed by atoms with Crippen LogP contribution in [0, 0.1) is 12.8 Å². The number of fused-ring (bicyclic) bond motifs is 1. The lowest BCUT2D eigenvalue weighted by atomic mass is 9.87. The Morgan fingerprint density at radius 3 is 2.74 bits per heavy atom. The maximum atomic E-state index is 12.4. The second kappa shape index (κ2) is 7.06. The molecule has 0 bridgehead atoms. The molecule has 0 unspecified atom stereocenters. The van der Waals surface area contributed by atoms with Crippen LogP contribution in [-0.4, -0.2) is 27.8 Å². The van der Waals surface area contributed by atoms with Crippen LogP contribution in [0.15, 0.2) is 29.0 Å². The van der Waals surface area contributed by atoms with Crippen molar-refractivity contribution in [2.24, 2.45) is 5.92 Å². The normalized spacial score (nSPS) is 20.0. The molecule has 7 heteroatoms. The van der Waals surface area contributed by atoms with Gasteiger partial charge in [0, 0.05) is 24.6 Å². The Morgan fingerprint density at radius 1 is 1.30 bits per heavy atom. The molecule has 4 rings (SSSR count). The number of benzene rings is 1. The van der Waals surface area contributed by atoms with Crippen LogP contribution in [0.1, 0.15) is 55.0 Å². The van der Waals surface area contributed by atoms with Crippen molar-refractivity contribution in [3.8, 4) is 5.75 Å². The molecule has 0 radical (unpaired) electrons. The van der Waals surface area contributed by atoms with Crippen molar-refractivity contribution in [2.75, 3.05) is 12.4 Å². The molecular formula is C20H24N4O3. The summed E-state index contributed by atoms with van der Waals surface area (Å²) in [5, 5.41) is 8.58. The summed E-state index contributed by atoms with van der Waals surface area (Å²) >= 11 is 0. The van der Waals surface area contributed by atoms with Crippen molar-refractivity contribution >= 4 is 22.5 Å². The van der Waals surface area contributed by atoms with Crippen molar-refractivity contribution < 1.29 is 13.9 Å². The highest BCUT2D eigenvalue weighted by Crippen LogP contribution is 2.34. The van der Waals surface area contributed by atoms with Gasteiger partial charge in [-0.2, -0.15) is 5.10 Å². The summed E-state index contributed by atoms with van der Waals surface area (Å²) in [4.78, 5) is 16.5. The van der Waals surface area contributed by atoms with Crippen LogP contribution in [0.3, 0.4) is 0 Å². The third-order valence-corrected chi connectivity index (χ3v) is 5.30. The van der Waals surface area contributed by atoms with Crippen LogP contribution < -0.4 is 10.1 Å². The summed E-state index contributed by atoms with van der Waals surface area (Å²) in [7, 11) is 1.58. The van der Waals surface area contributed by atoms with Gasteiger partial charge in [0.15, 0.2) is 11.6 Å². The van der Waals surface area contributed by atoms with Crippen LogP contribution in [0.2, 0.25) is 0 Å². The van der Waals surface area contributed by atoms with Gasteiger partial charge in [-0.25, -0.2) is 4.98 Å². The Morgan fingerprint density at radius 2 is 2.07 bits per heavy atom. The quantitative estimate of drug-likeness (QED) is 0.740. The third kappa shape index (κ3) is 3.54. The van der Waals surface area contributed by atoms with E-state index in [1.165, 1.54) is 19.1 Å². The molecular weight excluding hydrogens is 344 g/mol. The number of methoxy groups -OCH3 is 1. The molecule has 3 aromatic rings. The van der Waals surface area contributed by atoms with Gasteiger partial charge in [-0.15, -0.1) is 0 Å². The van der Waals surface area contributed by atoms with E-state index in [-0.39, 0.29) is 11.6 Å². The Bertz CT molecular complexity index is 967. The fourth-order valence-electron chi connectivity index (χ4n) is 3.69. The number of ether oxygens (including phenoxy) is 1. The van der Waals surface area contributed by atoms with E-state index in [1.54, 1.807) is 14.0 Å². The molecule has 0 aliphatic heterocycles. The van der Waals surface area contributed by atoms with Gasteiger partial charge in [0.2, 0.25) is 0 Å². The van der Waals surface area contributed by atoms with Gasteiger partial charge in [-0.1, -0.05) is 6.92 Å². The van der Waals surface area contributed by atoms with E-state index < -0.39 is 0 Å². The lowest BCUT2D eigenvalue weighted by Crippen LogP contribution is -2.16. The average Bonchev–Trinajstić information content (AvgIpc) is 3.27. The van der Waals surface area contributed by atoms with Crippen molar-refractivity contribution in [2.45, 2.75) is 45.6 Å². The number of hydrogen-bond acceptors (Lipinski definition) is 5. The molecule has 27 heavy (non-hydrogen) atoms. The zero-order chi connectivity index (χ0) is 19.0. The van der Waals surface area contributed by atoms with Gasteiger partial charge in [0.05, 0.1) is 24.4 Å². The number of nitrogens with zero attached hydrogens (tertiary/aromatic N) is 3. The van der Waals surface area contributed by atoms with Crippen LogP contribution in [-0.2, 0) is 0 Å². The molecule has 1 fully saturated rings. The highest BCUT2D eigenvalue weighted by molar-refractivity contribution is 6.04. The number of aryl methyl sites for hydroxylation is 1. The minimum absolute atomic E-state index is 0.238. The fraction of sp³-hybridized carbons (Fsp3) is 0.450. The molecule has 0 saturated heterocycles. The van der Waals surface area contributed by atoms with E-state index >= 15 is 0 Å². The van der Waals surface area contributed by atoms with Gasteiger partial charge in [0.25, 0.3) is 5.91 Å². The summed E-state index contributed by atoms with van der Waals surface area (Å²) in [5.41, 5.74) is 1.69. The number of carbonyl (C=O) groups is 1. The summed E-state index contributed by atoms with van der Waals surface area (Å²) in [6.45, 7) is 4.01. The van der Waals surface area contributed by atoms with E-state index in [1.807, 2.05) is 12.1 Å². The predicted octanol–water partition coefficient (Wildman–Crippen LogP) is 4.34. The number of anilines is 1. The van der Waals surface area contributed by atoms with Crippen molar-refractivity contribution in [1.29, 1.82) is 0 Å². The minimum atomic E-state index is -0.335. The van der Waals surface area contributed by atoms with E-state index in [9.17, 15) is 4.79 Å².